The smallest absolute Gasteiger partial charge is 0.255 e. The highest BCUT2D eigenvalue weighted by molar-refractivity contribution is 6.31. The third-order valence-corrected chi connectivity index (χ3v) is 4.67. The molecule has 25 heavy (non-hydrogen) atoms. The van der Waals surface area contributed by atoms with Gasteiger partial charge in [0.15, 0.2) is 0 Å². The number of carbonyl (C=O) groups excluding carboxylic acids is 2. The second-order valence-electron chi connectivity index (χ2n) is 6.45. The van der Waals surface area contributed by atoms with Crippen LogP contribution in [0.2, 0.25) is 5.02 Å². The molecule has 0 aliphatic heterocycles. The highest BCUT2D eigenvalue weighted by Gasteiger charge is 2.18. The first-order valence-electron chi connectivity index (χ1n) is 8.57. The summed E-state index contributed by atoms with van der Waals surface area (Å²) in [7, 11) is 0. The van der Waals surface area contributed by atoms with Gasteiger partial charge in [-0.15, -0.1) is 0 Å². The highest BCUT2D eigenvalue weighted by atomic mass is 35.5. The standard InChI is InChI=1S/C20H21ClN2O2/c21-16-8-4-10-18(13-16)23-20(25)15-7-3-9-17(12-15)22-19(24)11-14-5-1-2-6-14/h3-4,7-10,12-14H,1-2,5-6,11H2,(H,22,24)(H,23,25). The highest BCUT2D eigenvalue weighted by Crippen LogP contribution is 2.27. The van der Waals surface area contributed by atoms with Crippen LogP contribution in [-0.2, 0) is 4.79 Å². The molecule has 1 aliphatic rings. The number of halogens is 1. The predicted molar refractivity (Wildman–Crippen MR) is 101 cm³/mol. The minimum Gasteiger partial charge on any atom is -0.326 e. The molecule has 3 rings (SSSR count). The van der Waals surface area contributed by atoms with Crippen molar-refractivity contribution in [2.75, 3.05) is 10.6 Å². The lowest BCUT2D eigenvalue weighted by Crippen LogP contribution is -2.16. The lowest BCUT2D eigenvalue weighted by atomic mass is 10.0. The van der Waals surface area contributed by atoms with Crippen LogP contribution in [0.15, 0.2) is 48.5 Å². The molecule has 0 unspecified atom stereocenters. The summed E-state index contributed by atoms with van der Waals surface area (Å²) in [6.45, 7) is 0. The molecule has 0 saturated heterocycles. The number of benzene rings is 2. The summed E-state index contributed by atoms with van der Waals surface area (Å²) >= 11 is 5.93. The van der Waals surface area contributed by atoms with Crippen LogP contribution in [0.4, 0.5) is 11.4 Å². The van der Waals surface area contributed by atoms with Crippen LogP contribution in [-0.4, -0.2) is 11.8 Å². The molecule has 2 aromatic rings. The fraction of sp³-hybridized carbons (Fsp3) is 0.300. The van der Waals surface area contributed by atoms with Gasteiger partial charge in [-0.3, -0.25) is 9.59 Å². The fourth-order valence-corrected chi connectivity index (χ4v) is 3.39. The van der Waals surface area contributed by atoms with E-state index in [1.165, 1.54) is 12.8 Å². The van der Waals surface area contributed by atoms with Crippen LogP contribution in [0.5, 0.6) is 0 Å². The van der Waals surface area contributed by atoms with Crippen molar-refractivity contribution in [3.05, 3.63) is 59.1 Å². The van der Waals surface area contributed by atoms with E-state index in [9.17, 15) is 9.59 Å². The quantitative estimate of drug-likeness (QED) is 0.781. The fourth-order valence-electron chi connectivity index (χ4n) is 3.20. The van der Waals surface area contributed by atoms with E-state index in [0.717, 1.165) is 12.8 Å². The van der Waals surface area contributed by atoms with Crippen molar-refractivity contribution in [3.63, 3.8) is 0 Å². The summed E-state index contributed by atoms with van der Waals surface area (Å²) in [4.78, 5) is 24.5. The number of amides is 2. The van der Waals surface area contributed by atoms with Gasteiger partial charge in [0.2, 0.25) is 5.91 Å². The molecule has 1 saturated carbocycles. The first-order valence-corrected chi connectivity index (χ1v) is 8.95. The third kappa shape index (κ3) is 5.07. The molecule has 130 valence electrons. The lowest BCUT2D eigenvalue weighted by Gasteiger charge is -2.11. The van der Waals surface area contributed by atoms with Crippen LogP contribution in [0, 0.1) is 5.92 Å². The van der Waals surface area contributed by atoms with E-state index in [1.54, 1.807) is 48.5 Å². The van der Waals surface area contributed by atoms with Crippen molar-refractivity contribution in [1.82, 2.24) is 0 Å². The van der Waals surface area contributed by atoms with E-state index in [2.05, 4.69) is 10.6 Å². The SMILES string of the molecule is O=C(CC1CCCC1)Nc1cccc(C(=O)Nc2cccc(Cl)c2)c1. The van der Waals surface area contributed by atoms with E-state index in [4.69, 9.17) is 11.6 Å². The summed E-state index contributed by atoms with van der Waals surface area (Å²) in [6, 6.07) is 13.9. The first-order chi connectivity index (χ1) is 12.1. The van der Waals surface area contributed by atoms with E-state index in [0.29, 0.717) is 34.3 Å². The Balaban J connectivity index is 1.62. The van der Waals surface area contributed by atoms with E-state index >= 15 is 0 Å². The predicted octanol–water partition coefficient (Wildman–Crippen LogP) is 5.11. The maximum absolute atomic E-state index is 12.4. The molecule has 5 heteroatoms. The van der Waals surface area contributed by atoms with Crippen LogP contribution in [0.1, 0.15) is 42.5 Å². The molecule has 0 radical (unpaired) electrons. The van der Waals surface area contributed by atoms with Gasteiger partial charge >= 0.3 is 0 Å². The molecule has 2 aromatic carbocycles. The molecule has 2 amide bonds. The Labute approximate surface area is 152 Å². The van der Waals surface area contributed by atoms with Crippen molar-refractivity contribution in [2.24, 2.45) is 5.92 Å². The molecule has 0 bridgehead atoms. The van der Waals surface area contributed by atoms with Gasteiger partial charge in [-0.05, 0) is 55.2 Å². The zero-order valence-corrected chi connectivity index (χ0v) is 14.7. The molecule has 1 aliphatic carbocycles. The Kier molecular flexibility index (Phi) is 5.71. The number of carbonyl (C=O) groups is 2. The number of nitrogens with one attached hydrogen (secondary N) is 2. The monoisotopic (exact) mass is 356 g/mol. The Hall–Kier alpha value is -2.33. The van der Waals surface area contributed by atoms with Crippen molar-refractivity contribution < 1.29 is 9.59 Å². The van der Waals surface area contributed by atoms with Crippen molar-refractivity contribution in [2.45, 2.75) is 32.1 Å². The second kappa shape index (κ2) is 8.17. The second-order valence-corrected chi connectivity index (χ2v) is 6.88. The zero-order chi connectivity index (χ0) is 17.6. The average molecular weight is 357 g/mol. The number of hydrogen-bond acceptors (Lipinski definition) is 2. The van der Waals surface area contributed by atoms with E-state index in [-0.39, 0.29) is 11.8 Å². The molecule has 2 N–H and O–H groups in total. The Bertz CT molecular complexity index is 770. The van der Waals surface area contributed by atoms with Gasteiger partial charge in [-0.2, -0.15) is 0 Å². The van der Waals surface area contributed by atoms with Gasteiger partial charge in [-0.1, -0.05) is 36.6 Å². The normalized spacial score (nSPS) is 14.3. The Morgan fingerprint density at radius 2 is 1.64 bits per heavy atom. The molecule has 1 fully saturated rings. The lowest BCUT2D eigenvalue weighted by molar-refractivity contribution is -0.117. The minimum absolute atomic E-state index is 0.0132. The van der Waals surface area contributed by atoms with E-state index in [1.807, 2.05) is 0 Å². The number of hydrogen-bond donors (Lipinski definition) is 2. The maximum Gasteiger partial charge on any atom is 0.255 e. The van der Waals surface area contributed by atoms with Crippen LogP contribution < -0.4 is 10.6 Å². The van der Waals surface area contributed by atoms with Gasteiger partial charge < -0.3 is 10.6 Å². The van der Waals surface area contributed by atoms with Gasteiger partial charge in [0.1, 0.15) is 0 Å². The summed E-state index contributed by atoms with van der Waals surface area (Å²) in [6.07, 6.45) is 5.26. The number of anilines is 2. The third-order valence-electron chi connectivity index (χ3n) is 4.44. The van der Waals surface area contributed by atoms with Crippen LogP contribution in [0.25, 0.3) is 0 Å². The van der Waals surface area contributed by atoms with Gasteiger partial charge in [0.05, 0.1) is 0 Å². The summed E-state index contributed by atoms with van der Waals surface area (Å²) in [5, 5.41) is 6.26. The largest absolute Gasteiger partial charge is 0.326 e. The summed E-state index contributed by atoms with van der Waals surface area (Å²) in [5.74, 6) is 0.266. The molecular formula is C20H21ClN2O2. The average Bonchev–Trinajstić information content (AvgIpc) is 3.08. The summed E-state index contributed by atoms with van der Waals surface area (Å²) in [5.41, 5.74) is 1.76. The zero-order valence-electron chi connectivity index (χ0n) is 13.9. The molecule has 0 atom stereocenters. The van der Waals surface area contributed by atoms with Gasteiger partial charge in [0, 0.05) is 28.4 Å². The van der Waals surface area contributed by atoms with Crippen LogP contribution in [0.3, 0.4) is 0 Å². The number of rotatable bonds is 5. The van der Waals surface area contributed by atoms with Gasteiger partial charge in [0.25, 0.3) is 5.91 Å². The summed E-state index contributed by atoms with van der Waals surface area (Å²) < 4.78 is 0. The molecule has 0 spiro atoms. The molecule has 0 heterocycles. The van der Waals surface area contributed by atoms with Crippen molar-refractivity contribution in [3.8, 4) is 0 Å². The van der Waals surface area contributed by atoms with E-state index < -0.39 is 0 Å². The van der Waals surface area contributed by atoms with Crippen LogP contribution >= 0.6 is 11.6 Å². The minimum atomic E-state index is -0.242. The maximum atomic E-state index is 12.4. The molecule has 0 aromatic heterocycles. The first kappa shape index (κ1) is 17.5. The van der Waals surface area contributed by atoms with Crippen molar-refractivity contribution in [1.29, 1.82) is 0 Å². The topological polar surface area (TPSA) is 58.2 Å². The Morgan fingerprint density at radius 3 is 2.36 bits per heavy atom. The Morgan fingerprint density at radius 1 is 0.960 bits per heavy atom. The molecular weight excluding hydrogens is 336 g/mol. The van der Waals surface area contributed by atoms with Crippen molar-refractivity contribution >= 4 is 34.8 Å². The van der Waals surface area contributed by atoms with Gasteiger partial charge in [-0.25, -0.2) is 0 Å². The molecule has 4 nitrogen and oxygen atoms in total.